The average molecular weight is 230 g/mol. The maximum absolute atomic E-state index is 5.49. The van der Waals surface area contributed by atoms with E-state index in [2.05, 4.69) is 47.3 Å². The van der Waals surface area contributed by atoms with E-state index in [-0.39, 0.29) is 5.54 Å². The topological polar surface area (TPSA) is 24.5 Å². The van der Waals surface area contributed by atoms with Gasteiger partial charge in [0.05, 0.1) is 12.1 Å². The van der Waals surface area contributed by atoms with E-state index in [9.17, 15) is 0 Å². The number of likely N-dealkylation sites (tertiary alicyclic amines) is 1. The highest BCUT2D eigenvalue weighted by Gasteiger charge is 2.51. The predicted molar refractivity (Wildman–Crippen MR) is 67.3 cm³/mol. The summed E-state index contributed by atoms with van der Waals surface area (Å²) in [5.74, 6) is 0.532. The first-order chi connectivity index (χ1) is 8.35. The van der Waals surface area contributed by atoms with Crippen LogP contribution in [0.3, 0.4) is 0 Å². The second-order valence-electron chi connectivity index (χ2n) is 4.93. The molecule has 0 bridgehead atoms. The molecule has 3 nitrogen and oxygen atoms in total. The predicted octanol–water partition coefficient (Wildman–Crippen LogP) is 1.53. The van der Waals surface area contributed by atoms with Crippen LogP contribution in [0.15, 0.2) is 43.0 Å². The largest absolute Gasteiger partial charge is 0.300 e. The molecule has 3 heteroatoms. The second-order valence-corrected chi connectivity index (χ2v) is 4.93. The fourth-order valence-corrected chi connectivity index (χ4v) is 3.04. The van der Waals surface area contributed by atoms with Crippen LogP contribution in [0.1, 0.15) is 5.56 Å². The van der Waals surface area contributed by atoms with E-state index >= 15 is 0 Å². The van der Waals surface area contributed by atoms with Crippen LogP contribution in [0.4, 0.5) is 0 Å². The van der Waals surface area contributed by atoms with E-state index in [1.54, 1.807) is 0 Å². The van der Waals surface area contributed by atoms with Crippen molar-refractivity contribution in [2.75, 3.05) is 26.2 Å². The lowest BCUT2D eigenvalue weighted by atomic mass is 9.83. The smallest absolute Gasteiger partial charge is 0.0870 e. The van der Waals surface area contributed by atoms with Gasteiger partial charge in [0.25, 0.3) is 0 Å². The molecule has 1 aromatic rings. The molecule has 2 fully saturated rings. The van der Waals surface area contributed by atoms with Crippen LogP contribution >= 0.6 is 0 Å². The summed E-state index contributed by atoms with van der Waals surface area (Å²) in [6.07, 6.45) is 1.97. The molecule has 3 rings (SSSR count). The van der Waals surface area contributed by atoms with Crippen molar-refractivity contribution in [3.63, 3.8) is 0 Å². The molecule has 0 radical (unpaired) electrons. The van der Waals surface area contributed by atoms with Gasteiger partial charge >= 0.3 is 0 Å². The van der Waals surface area contributed by atoms with Gasteiger partial charge in [-0.25, -0.2) is 0 Å². The summed E-state index contributed by atoms with van der Waals surface area (Å²) >= 11 is 0. The fourth-order valence-electron chi connectivity index (χ4n) is 3.04. The molecular formula is C14H18N2O. The van der Waals surface area contributed by atoms with Crippen molar-refractivity contribution in [3.8, 4) is 0 Å². The van der Waals surface area contributed by atoms with Crippen molar-refractivity contribution in [3.05, 3.63) is 48.6 Å². The number of hydroxylamine groups is 1. The third-order valence-electron chi connectivity index (χ3n) is 3.86. The Kier molecular flexibility index (Phi) is 2.74. The molecule has 0 aromatic heterocycles. The zero-order valence-corrected chi connectivity index (χ0v) is 9.93. The molecule has 1 aromatic carbocycles. The van der Waals surface area contributed by atoms with Gasteiger partial charge in [0.1, 0.15) is 0 Å². The Balaban J connectivity index is 1.91. The summed E-state index contributed by atoms with van der Waals surface area (Å²) in [7, 11) is 0. The first-order valence-corrected chi connectivity index (χ1v) is 6.13. The van der Waals surface area contributed by atoms with Gasteiger partial charge < -0.3 is 4.84 Å². The average Bonchev–Trinajstić information content (AvgIpc) is 2.88. The van der Waals surface area contributed by atoms with Gasteiger partial charge in [-0.3, -0.25) is 4.90 Å². The summed E-state index contributed by atoms with van der Waals surface area (Å²) in [4.78, 5) is 7.92. The monoisotopic (exact) mass is 230 g/mol. The van der Waals surface area contributed by atoms with Crippen molar-refractivity contribution in [2.45, 2.75) is 5.54 Å². The summed E-state index contributed by atoms with van der Waals surface area (Å²) in [5.41, 5.74) is 4.57. The van der Waals surface area contributed by atoms with Crippen LogP contribution in [-0.4, -0.2) is 31.1 Å². The van der Waals surface area contributed by atoms with Crippen LogP contribution in [-0.2, 0) is 10.4 Å². The molecule has 1 N–H and O–H groups in total. The highest BCUT2D eigenvalue weighted by Crippen LogP contribution is 2.40. The molecule has 17 heavy (non-hydrogen) atoms. The Morgan fingerprint density at radius 3 is 3.06 bits per heavy atom. The van der Waals surface area contributed by atoms with Gasteiger partial charge in [0.15, 0.2) is 0 Å². The lowest BCUT2D eigenvalue weighted by molar-refractivity contribution is 0.0489. The van der Waals surface area contributed by atoms with Crippen LogP contribution in [0.5, 0.6) is 0 Å². The van der Waals surface area contributed by atoms with E-state index in [4.69, 9.17) is 4.84 Å². The van der Waals surface area contributed by atoms with Crippen LogP contribution in [0.25, 0.3) is 0 Å². The Morgan fingerprint density at radius 2 is 2.29 bits per heavy atom. The normalized spacial score (nSPS) is 32.6. The number of fused-ring (bicyclic) bond motifs is 1. The summed E-state index contributed by atoms with van der Waals surface area (Å²) in [5, 5.41) is 0. The van der Waals surface area contributed by atoms with Crippen LogP contribution in [0.2, 0.25) is 0 Å². The third-order valence-corrected chi connectivity index (χ3v) is 3.86. The van der Waals surface area contributed by atoms with Crippen molar-refractivity contribution < 1.29 is 4.84 Å². The Hall–Kier alpha value is -1.16. The Labute approximate surface area is 102 Å². The first kappa shape index (κ1) is 11.0. The van der Waals surface area contributed by atoms with Crippen LogP contribution in [0, 0.1) is 5.92 Å². The highest BCUT2D eigenvalue weighted by molar-refractivity contribution is 5.29. The Bertz CT molecular complexity index is 406. The molecule has 2 saturated heterocycles. The van der Waals surface area contributed by atoms with E-state index in [1.165, 1.54) is 5.56 Å². The Morgan fingerprint density at radius 1 is 1.47 bits per heavy atom. The quantitative estimate of drug-likeness (QED) is 0.797. The van der Waals surface area contributed by atoms with Gasteiger partial charge in [-0.1, -0.05) is 36.4 Å². The van der Waals surface area contributed by atoms with E-state index in [1.807, 2.05) is 6.08 Å². The molecule has 0 amide bonds. The van der Waals surface area contributed by atoms with E-state index in [0.717, 1.165) is 26.2 Å². The molecule has 90 valence electrons. The molecule has 0 saturated carbocycles. The summed E-state index contributed by atoms with van der Waals surface area (Å²) in [6.45, 7) is 7.64. The van der Waals surface area contributed by atoms with Crippen molar-refractivity contribution in [1.82, 2.24) is 10.4 Å². The van der Waals surface area contributed by atoms with E-state index in [0.29, 0.717) is 5.92 Å². The minimum absolute atomic E-state index is 0.0235. The van der Waals surface area contributed by atoms with Gasteiger partial charge in [-0.2, -0.15) is 5.48 Å². The molecule has 2 heterocycles. The maximum Gasteiger partial charge on any atom is 0.0870 e. The molecule has 2 aliphatic heterocycles. The van der Waals surface area contributed by atoms with Gasteiger partial charge in [-0.05, 0) is 5.56 Å². The molecular weight excluding hydrogens is 212 g/mol. The van der Waals surface area contributed by atoms with E-state index < -0.39 is 0 Å². The molecule has 0 spiro atoms. The van der Waals surface area contributed by atoms with Gasteiger partial charge in [0, 0.05) is 25.6 Å². The lowest BCUT2D eigenvalue weighted by Gasteiger charge is -2.28. The van der Waals surface area contributed by atoms with Crippen molar-refractivity contribution in [1.29, 1.82) is 0 Å². The van der Waals surface area contributed by atoms with Gasteiger partial charge in [-0.15, -0.1) is 6.58 Å². The number of nitrogens with zero attached hydrogens (tertiary/aromatic N) is 1. The second kappa shape index (κ2) is 4.26. The minimum atomic E-state index is -0.0235. The van der Waals surface area contributed by atoms with Crippen LogP contribution < -0.4 is 5.48 Å². The number of hydrogen-bond donors (Lipinski definition) is 1. The van der Waals surface area contributed by atoms with Crippen molar-refractivity contribution >= 4 is 0 Å². The number of hydrogen-bond acceptors (Lipinski definition) is 3. The minimum Gasteiger partial charge on any atom is -0.300 e. The number of rotatable bonds is 3. The lowest BCUT2D eigenvalue weighted by Crippen LogP contribution is -2.43. The molecule has 2 atom stereocenters. The summed E-state index contributed by atoms with van der Waals surface area (Å²) < 4.78 is 0. The highest BCUT2D eigenvalue weighted by atomic mass is 16.7. The fraction of sp³-hybridized carbons (Fsp3) is 0.429. The molecule has 0 aliphatic carbocycles. The molecule has 2 unspecified atom stereocenters. The number of nitrogens with one attached hydrogen (secondary N) is 1. The maximum atomic E-state index is 5.49. The summed E-state index contributed by atoms with van der Waals surface area (Å²) in [6, 6.07) is 10.6. The SMILES string of the molecule is C=CCN1CC2CONC2(c2ccccc2)C1. The van der Waals surface area contributed by atoms with Gasteiger partial charge in [0.2, 0.25) is 0 Å². The number of benzene rings is 1. The third kappa shape index (κ3) is 1.71. The first-order valence-electron chi connectivity index (χ1n) is 6.13. The zero-order valence-electron chi connectivity index (χ0n) is 9.93. The standard InChI is InChI=1S/C14H18N2O/c1-2-8-16-9-13-10-17-15-14(13,11-16)12-6-4-3-5-7-12/h2-7,13,15H,1,8-11H2. The molecule has 2 aliphatic rings. The zero-order chi connectivity index (χ0) is 11.7. The van der Waals surface area contributed by atoms with Crippen molar-refractivity contribution in [2.24, 2.45) is 5.92 Å².